The number of nitrogens with zero attached hydrogens (tertiary/aromatic N) is 1. The van der Waals surface area contributed by atoms with Gasteiger partial charge in [-0.1, -0.05) is 6.92 Å². The zero-order valence-corrected chi connectivity index (χ0v) is 8.34. The lowest BCUT2D eigenvalue weighted by Gasteiger charge is -2.22. The largest absolute Gasteiger partial charge is 0.387 e. The highest BCUT2D eigenvalue weighted by molar-refractivity contribution is 5.79. The molecule has 1 fully saturated rings. The van der Waals surface area contributed by atoms with Crippen molar-refractivity contribution in [3.63, 3.8) is 0 Å². The molecule has 0 aliphatic carbocycles. The van der Waals surface area contributed by atoms with Gasteiger partial charge in [-0.05, 0) is 19.5 Å². The van der Waals surface area contributed by atoms with Gasteiger partial charge in [0.1, 0.15) is 0 Å². The standard InChI is InChI=1S/C9H20N4/c1-8(9(10)11)7-13-5-2-3-12-4-6-13/h8,12H,2-7H2,1H3,(H3,10,11). The van der Waals surface area contributed by atoms with Crippen LogP contribution < -0.4 is 11.1 Å². The molecule has 0 bridgehead atoms. The van der Waals surface area contributed by atoms with Gasteiger partial charge in [-0.15, -0.1) is 0 Å². The SMILES string of the molecule is CC(CN1CCCNCC1)C(=N)N. The highest BCUT2D eigenvalue weighted by Crippen LogP contribution is 2.01. The van der Waals surface area contributed by atoms with Crippen LogP contribution in [0.15, 0.2) is 0 Å². The lowest BCUT2D eigenvalue weighted by molar-refractivity contribution is 0.275. The van der Waals surface area contributed by atoms with Crippen LogP contribution in [-0.4, -0.2) is 43.5 Å². The number of rotatable bonds is 3. The van der Waals surface area contributed by atoms with Gasteiger partial charge in [-0.2, -0.15) is 0 Å². The number of amidine groups is 1. The van der Waals surface area contributed by atoms with Crippen molar-refractivity contribution in [3.05, 3.63) is 0 Å². The molecular formula is C9H20N4. The Balaban J connectivity index is 2.29. The Bertz CT molecular complexity index is 161. The molecule has 0 aromatic carbocycles. The summed E-state index contributed by atoms with van der Waals surface area (Å²) in [4.78, 5) is 2.38. The minimum atomic E-state index is 0.193. The molecule has 0 spiro atoms. The van der Waals surface area contributed by atoms with E-state index in [4.69, 9.17) is 11.1 Å². The van der Waals surface area contributed by atoms with Crippen LogP contribution in [0.5, 0.6) is 0 Å². The molecule has 0 amide bonds. The van der Waals surface area contributed by atoms with E-state index in [1.807, 2.05) is 6.92 Å². The fraction of sp³-hybridized carbons (Fsp3) is 0.889. The summed E-state index contributed by atoms with van der Waals surface area (Å²) in [5, 5.41) is 10.7. The summed E-state index contributed by atoms with van der Waals surface area (Å²) < 4.78 is 0. The lowest BCUT2D eigenvalue weighted by Crippen LogP contribution is -2.36. The lowest BCUT2D eigenvalue weighted by atomic mass is 10.1. The van der Waals surface area contributed by atoms with E-state index >= 15 is 0 Å². The molecule has 1 saturated heterocycles. The van der Waals surface area contributed by atoms with Gasteiger partial charge in [0.05, 0.1) is 5.84 Å². The first-order valence-corrected chi connectivity index (χ1v) is 4.97. The van der Waals surface area contributed by atoms with Crippen LogP contribution in [0.3, 0.4) is 0 Å². The molecule has 1 unspecified atom stereocenters. The molecule has 0 radical (unpaired) electrons. The fourth-order valence-electron chi connectivity index (χ4n) is 1.57. The van der Waals surface area contributed by atoms with Crippen molar-refractivity contribution in [2.75, 3.05) is 32.7 Å². The summed E-state index contributed by atoms with van der Waals surface area (Å²) in [7, 11) is 0. The normalized spacial score (nSPS) is 22.2. The highest BCUT2D eigenvalue weighted by atomic mass is 15.2. The van der Waals surface area contributed by atoms with Crippen LogP contribution in [0.2, 0.25) is 0 Å². The Kier molecular flexibility index (Phi) is 4.18. The van der Waals surface area contributed by atoms with Gasteiger partial charge in [0.15, 0.2) is 0 Å². The van der Waals surface area contributed by atoms with E-state index in [1.165, 1.54) is 6.42 Å². The van der Waals surface area contributed by atoms with E-state index in [1.54, 1.807) is 0 Å². The first-order chi connectivity index (χ1) is 6.20. The number of nitrogens with two attached hydrogens (primary N) is 1. The van der Waals surface area contributed by atoms with E-state index < -0.39 is 0 Å². The Morgan fingerprint density at radius 1 is 1.54 bits per heavy atom. The van der Waals surface area contributed by atoms with E-state index in [2.05, 4.69) is 10.2 Å². The molecule has 1 aliphatic heterocycles. The zero-order valence-electron chi connectivity index (χ0n) is 8.34. The second-order valence-corrected chi connectivity index (χ2v) is 3.76. The summed E-state index contributed by atoms with van der Waals surface area (Å²) in [6, 6.07) is 0. The topological polar surface area (TPSA) is 65.1 Å². The van der Waals surface area contributed by atoms with Crippen molar-refractivity contribution < 1.29 is 0 Å². The second kappa shape index (κ2) is 5.19. The van der Waals surface area contributed by atoms with Crippen LogP contribution in [0, 0.1) is 11.3 Å². The molecule has 4 heteroatoms. The first-order valence-electron chi connectivity index (χ1n) is 4.97. The average molecular weight is 184 g/mol. The Morgan fingerprint density at radius 2 is 2.31 bits per heavy atom. The Morgan fingerprint density at radius 3 is 3.00 bits per heavy atom. The van der Waals surface area contributed by atoms with Gasteiger partial charge < -0.3 is 16.0 Å². The van der Waals surface area contributed by atoms with Crippen molar-refractivity contribution in [2.45, 2.75) is 13.3 Å². The molecule has 4 N–H and O–H groups in total. The van der Waals surface area contributed by atoms with Crippen molar-refractivity contribution >= 4 is 5.84 Å². The van der Waals surface area contributed by atoms with Gasteiger partial charge in [-0.25, -0.2) is 0 Å². The maximum absolute atomic E-state index is 7.31. The summed E-state index contributed by atoms with van der Waals surface area (Å²) in [5.41, 5.74) is 5.43. The van der Waals surface area contributed by atoms with Gasteiger partial charge in [0.2, 0.25) is 0 Å². The maximum atomic E-state index is 7.31. The Labute approximate surface area is 80.0 Å². The summed E-state index contributed by atoms with van der Waals surface area (Å²) in [6.45, 7) is 7.33. The number of nitrogens with one attached hydrogen (secondary N) is 2. The van der Waals surface area contributed by atoms with Crippen LogP contribution in [0.4, 0.5) is 0 Å². The third-order valence-corrected chi connectivity index (χ3v) is 2.50. The zero-order chi connectivity index (χ0) is 9.68. The molecule has 1 rings (SSSR count). The molecule has 76 valence electrons. The van der Waals surface area contributed by atoms with Crippen LogP contribution >= 0.6 is 0 Å². The van der Waals surface area contributed by atoms with Crippen molar-refractivity contribution in [1.29, 1.82) is 5.41 Å². The van der Waals surface area contributed by atoms with Gasteiger partial charge in [-0.3, -0.25) is 5.41 Å². The fourth-order valence-corrected chi connectivity index (χ4v) is 1.57. The Hall–Kier alpha value is -0.610. The third-order valence-electron chi connectivity index (χ3n) is 2.50. The quantitative estimate of drug-likeness (QED) is 0.422. The predicted molar refractivity (Wildman–Crippen MR) is 55.0 cm³/mol. The first kappa shape index (κ1) is 10.5. The molecule has 13 heavy (non-hydrogen) atoms. The highest BCUT2D eigenvalue weighted by Gasteiger charge is 2.13. The molecule has 1 heterocycles. The number of hydrogen-bond acceptors (Lipinski definition) is 3. The third kappa shape index (κ3) is 3.74. The minimum Gasteiger partial charge on any atom is -0.387 e. The summed E-state index contributed by atoms with van der Waals surface area (Å²) in [5.74, 6) is 0.496. The van der Waals surface area contributed by atoms with Crippen molar-refractivity contribution in [2.24, 2.45) is 11.7 Å². The van der Waals surface area contributed by atoms with Gasteiger partial charge >= 0.3 is 0 Å². The molecule has 1 aliphatic rings. The van der Waals surface area contributed by atoms with E-state index in [-0.39, 0.29) is 5.92 Å². The molecular weight excluding hydrogens is 164 g/mol. The monoisotopic (exact) mass is 184 g/mol. The second-order valence-electron chi connectivity index (χ2n) is 3.76. The van der Waals surface area contributed by atoms with Gasteiger partial charge in [0, 0.05) is 25.6 Å². The molecule has 1 atom stereocenters. The van der Waals surface area contributed by atoms with E-state index in [9.17, 15) is 0 Å². The predicted octanol–water partition coefficient (Wildman–Crippen LogP) is -0.146. The van der Waals surface area contributed by atoms with Crippen molar-refractivity contribution in [3.8, 4) is 0 Å². The smallest absolute Gasteiger partial charge is 0.0947 e. The van der Waals surface area contributed by atoms with Crippen LogP contribution in [0.25, 0.3) is 0 Å². The molecule has 0 aromatic heterocycles. The van der Waals surface area contributed by atoms with E-state index in [0.717, 1.165) is 32.7 Å². The molecule has 0 aromatic rings. The van der Waals surface area contributed by atoms with Crippen molar-refractivity contribution in [1.82, 2.24) is 10.2 Å². The van der Waals surface area contributed by atoms with Crippen LogP contribution in [-0.2, 0) is 0 Å². The summed E-state index contributed by atoms with van der Waals surface area (Å²) in [6.07, 6.45) is 1.20. The van der Waals surface area contributed by atoms with Gasteiger partial charge in [0.25, 0.3) is 0 Å². The van der Waals surface area contributed by atoms with E-state index in [0.29, 0.717) is 5.84 Å². The summed E-state index contributed by atoms with van der Waals surface area (Å²) >= 11 is 0. The number of hydrogen-bond donors (Lipinski definition) is 3. The minimum absolute atomic E-state index is 0.193. The average Bonchev–Trinajstić information content (AvgIpc) is 2.32. The maximum Gasteiger partial charge on any atom is 0.0947 e. The van der Waals surface area contributed by atoms with Crippen LogP contribution in [0.1, 0.15) is 13.3 Å². The molecule has 4 nitrogen and oxygen atoms in total. The molecule has 0 saturated carbocycles.